The van der Waals surface area contributed by atoms with Crippen molar-refractivity contribution in [1.29, 1.82) is 0 Å². The summed E-state index contributed by atoms with van der Waals surface area (Å²) in [5.41, 5.74) is 8.41. The van der Waals surface area contributed by atoms with Crippen LogP contribution in [0.5, 0.6) is 0 Å². The van der Waals surface area contributed by atoms with Crippen molar-refractivity contribution in [2.24, 2.45) is 10.7 Å². The van der Waals surface area contributed by atoms with Gasteiger partial charge in [-0.1, -0.05) is 0 Å². The van der Waals surface area contributed by atoms with Gasteiger partial charge in [0.2, 0.25) is 0 Å². The molecular weight excluding hydrogens is 244 g/mol. The van der Waals surface area contributed by atoms with E-state index < -0.39 is 0 Å². The molecule has 3 N–H and O–H groups in total. The van der Waals surface area contributed by atoms with Gasteiger partial charge in [-0.25, -0.2) is 9.98 Å². The number of H-pyrrole nitrogens is 1. The van der Waals surface area contributed by atoms with Crippen molar-refractivity contribution in [3.05, 3.63) is 36.5 Å². The molecule has 3 rings (SSSR count). The van der Waals surface area contributed by atoms with Crippen LogP contribution in [0.15, 0.2) is 41.5 Å². The van der Waals surface area contributed by atoms with E-state index in [0.29, 0.717) is 5.84 Å². The van der Waals surface area contributed by atoms with Crippen molar-refractivity contribution in [2.45, 2.75) is 6.92 Å². The van der Waals surface area contributed by atoms with Crippen LogP contribution >= 0.6 is 11.3 Å². The summed E-state index contributed by atoms with van der Waals surface area (Å²) in [5.74, 6) is 0.550. The smallest absolute Gasteiger partial charge is 0.140 e. The van der Waals surface area contributed by atoms with Gasteiger partial charge in [-0.2, -0.15) is 0 Å². The van der Waals surface area contributed by atoms with Crippen LogP contribution in [0, 0.1) is 0 Å². The second-order valence-electron chi connectivity index (χ2n) is 4.01. The Bertz CT molecular complexity index is 706. The van der Waals surface area contributed by atoms with Crippen LogP contribution < -0.4 is 5.73 Å². The number of nitrogens with one attached hydrogen (secondary N) is 1. The molecule has 5 heteroatoms. The number of rotatable bonds is 2. The molecule has 1 aromatic carbocycles. The van der Waals surface area contributed by atoms with Gasteiger partial charge in [0.05, 0.1) is 27.4 Å². The zero-order valence-corrected chi connectivity index (χ0v) is 10.7. The quantitative estimate of drug-likeness (QED) is 0.545. The monoisotopic (exact) mass is 256 g/mol. The highest BCUT2D eigenvalue weighted by Gasteiger charge is 2.07. The fourth-order valence-corrected chi connectivity index (χ4v) is 2.70. The third-order valence-corrected chi connectivity index (χ3v) is 3.57. The molecule has 0 spiro atoms. The molecule has 0 fully saturated rings. The summed E-state index contributed by atoms with van der Waals surface area (Å²) in [6.07, 6.45) is 1.90. The Morgan fingerprint density at radius 3 is 3.00 bits per heavy atom. The number of aromatic nitrogens is 2. The van der Waals surface area contributed by atoms with E-state index >= 15 is 0 Å². The van der Waals surface area contributed by atoms with Crippen LogP contribution in [0.4, 0.5) is 5.69 Å². The van der Waals surface area contributed by atoms with Crippen LogP contribution in [0.3, 0.4) is 0 Å². The number of fused-ring (bicyclic) bond motifs is 1. The Morgan fingerprint density at radius 2 is 2.28 bits per heavy atom. The highest BCUT2D eigenvalue weighted by atomic mass is 32.1. The first-order chi connectivity index (χ1) is 8.72. The summed E-state index contributed by atoms with van der Waals surface area (Å²) < 4.78 is 1.15. The average molecular weight is 256 g/mol. The number of hydrogen-bond acceptors (Lipinski definition) is 3. The lowest BCUT2D eigenvalue weighted by atomic mass is 10.3. The third-order valence-electron chi connectivity index (χ3n) is 2.50. The van der Waals surface area contributed by atoms with Crippen LogP contribution in [0.1, 0.15) is 6.92 Å². The molecule has 0 amide bonds. The summed E-state index contributed by atoms with van der Waals surface area (Å²) in [6, 6.07) is 9.92. The van der Waals surface area contributed by atoms with E-state index in [1.165, 1.54) is 0 Å². The Morgan fingerprint density at radius 1 is 1.39 bits per heavy atom. The zero-order chi connectivity index (χ0) is 12.5. The predicted molar refractivity (Wildman–Crippen MR) is 76.4 cm³/mol. The van der Waals surface area contributed by atoms with Gasteiger partial charge in [-0.05, 0) is 37.3 Å². The van der Waals surface area contributed by atoms with Gasteiger partial charge in [0.15, 0.2) is 0 Å². The van der Waals surface area contributed by atoms with Crippen LogP contribution in [0.2, 0.25) is 0 Å². The summed E-state index contributed by atoms with van der Waals surface area (Å²) >= 11 is 1.66. The minimum Gasteiger partial charge on any atom is -0.387 e. The molecule has 0 atom stereocenters. The van der Waals surface area contributed by atoms with Crippen LogP contribution in [-0.4, -0.2) is 15.8 Å². The average Bonchev–Trinajstić information content (AvgIpc) is 2.95. The lowest BCUT2D eigenvalue weighted by Crippen LogP contribution is -2.03. The van der Waals surface area contributed by atoms with E-state index in [9.17, 15) is 0 Å². The Balaban J connectivity index is 2.10. The van der Waals surface area contributed by atoms with Crippen LogP contribution in [0.25, 0.3) is 20.9 Å². The number of aliphatic imine (C=N–C) groups is 1. The maximum atomic E-state index is 5.58. The zero-order valence-electron chi connectivity index (χ0n) is 9.84. The van der Waals surface area contributed by atoms with Gasteiger partial charge in [0, 0.05) is 6.20 Å². The highest BCUT2D eigenvalue weighted by Crippen LogP contribution is 2.31. The molecule has 0 aliphatic carbocycles. The minimum absolute atomic E-state index is 0.550. The normalized spacial score (nSPS) is 12.2. The molecule has 0 aliphatic rings. The molecule has 3 aromatic rings. The largest absolute Gasteiger partial charge is 0.387 e. The summed E-state index contributed by atoms with van der Waals surface area (Å²) in [7, 11) is 0. The van der Waals surface area contributed by atoms with E-state index in [2.05, 4.69) is 15.0 Å². The van der Waals surface area contributed by atoms with Crippen molar-refractivity contribution < 1.29 is 0 Å². The molecule has 0 radical (unpaired) electrons. The summed E-state index contributed by atoms with van der Waals surface area (Å²) in [4.78, 5) is 12.0. The Labute approximate surface area is 108 Å². The Kier molecular flexibility index (Phi) is 2.60. The molecule has 90 valence electrons. The molecule has 2 aromatic heterocycles. The molecular formula is C13H12N4S. The van der Waals surface area contributed by atoms with Crippen LogP contribution in [-0.2, 0) is 0 Å². The second-order valence-corrected chi connectivity index (χ2v) is 5.04. The highest BCUT2D eigenvalue weighted by molar-refractivity contribution is 7.21. The SMILES string of the molecule is CC(N)=Nc1ccc2sc(-c3ccc[nH]3)nc2c1. The van der Waals surface area contributed by atoms with E-state index in [1.54, 1.807) is 18.3 Å². The maximum Gasteiger partial charge on any atom is 0.140 e. The molecule has 4 nitrogen and oxygen atoms in total. The fourth-order valence-electron chi connectivity index (χ4n) is 1.77. The molecule has 0 bridgehead atoms. The lowest BCUT2D eigenvalue weighted by molar-refractivity contribution is 1.36. The van der Waals surface area contributed by atoms with Gasteiger partial charge in [-0.3, -0.25) is 0 Å². The number of hydrogen-bond donors (Lipinski definition) is 2. The first kappa shape index (κ1) is 11.0. The maximum absolute atomic E-state index is 5.58. The molecule has 0 unspecified atom stereocenters. The van der Waals surface area contributed by atoms with E-state index in [1.807, 2.05) is 36.5 Å². The Hall–Kier alpha value is -2.14. The molecule has 0 aliphatic heterocycles. The third kappa shape index (κ3) is 2.00. The first-order valence-corrected chi connectivity index (χ1v) is 6.39. The van der Waals surface area contributed by atoms with E-state index in [4.69, 9.17) is 5.73 Å². The van der Waals surface area contributed by atoms with E-state index in [0.717, 1.165) is 26.6 Å². The number of amidine groups is 1. The topological polar surface area (TPSA) is 67.1 Å². The minimum atomic E-state index is 0.550. The number of aromatic amines is 1. The number of nitrogens with two attached hydrogens (primary N) is 1. The predicted octanol–water partition coefficient (Wildman–Crippen LogP) is 3.30. The summed E-state index contributed by atoms with van der Waals surface area (Å²) in [5, 5.41) is 0.987. The second kappa shape index (κ2) is 4.27. The van der Waals surface area contributed by atoms with Gasteiger partial charge in [-0.15, -0.1) is 11.3 Å². The van der Waals surface area contributed by atoms with Crippen molar-refractivity contribution in [3.63, 3.8) is 0 Å². The van der Waals surface area contributed by atoms with E-state index in [-0.39, 0.29) is 0 Å². The van der Waals surface area contributed by atoms with Gasteiger partial charge < -0.3 is 10.7 Å². The standard InChI is InChI=1S/C13H12N4S/c1-8(14)16-9-4-5-12-11(7-9)17-13(18-12)10-3-2-6-15-10/h2-7,15H,1H3,(H2,14,16). The molecule has 0 saturated heterocycles. The molecule has 0 saturated carbocycles. The molecule has 2 heterocycles. The van der Waals surface area contributed by atoms with Gasteiger partial charge in [0.1, 0.15) is 5.01 Å². The molecule has 18 heavy (non-hydrogen) atoms. The van der Waals surface area contributed by atoms with Gasteiger partial charge in [0.25, 0.3) is 0 Å². The van der Waals surface area contributed by atoms with Gasteiger partial charge >= 0.3 is 0 Å². The van der Waals surface area contributed by atoms with Crippen molar-refractivity contribution in [1.82, 2.24) is 9.97 Å². The lowest BCUT2D eigenvalue weighted by Gasteiger charge is -1.94. The first-order valence-electron chi connectivity index (χ1n) is 5.57. The van der Waals surface area contributed by atoms with Crippen molar-refractivity contribution >= 4 is 33.1 Å². The number of benzene rings is 1. The number of thiazole rings is 1. The van der Waals surface area contributed by atoms with Crippen molar-refractivity contribution in [2.75, 3.05) is 0 Å². The summed E-state index contributed by atoms with van der Waals surface area (Å²) in [6.45, 7) is 1.77. The fraction of sp³-hybridized carbons (Fsp3) is 0.0769. The van der Waals surface area contributed by atoms with Crippen molar-refractivity contribution in [3.8, 4) is 10.7 Å². The number of nitrogens with zero attached hydrogens (tertiary/aromatic N) is 2.